The molecule has 0 bridgehead atoms. The smallest absolute Gasteiger partial charge is 0.135 e. The van der Waals surface area contributed by atoms with Gasteiger partial charge in [0, 0.05) is 23.7 Å². The highest BCUT2D eigenvalue weighted by atomic mass is 35.5. The molecule has 0 saturated heterocycles. The Morgan fingerprint density at radius 3 is 2.35 bits per heavy atom. The standard InChI is InChI=1S/C15H19ClN4/c1-4-17-14-10(2)15(20-11(3)19-14)18-9-12-7-5-6-8-13(12)16/h5-8H,4,9H2,1-3H3,(H2,17,18,19,20). The molecule has 0 unspecified atom stereocenters. The first-order valence-electron chi connectivity index (χ1n) is 6.68. The van der Waals surface area contributed by atoms with Gasteiger partial charge >= 0.3 is 0 Å². The van der Waals surface area contributed by atoms with E-state index in [0.717, 1.165) is 40.2 Å². The number of hydrogen-bond donors (Lipinski definition) is 2. The molecule has 1 aromatic carbocycles. The molecule has 2 aromatic rings. The first-order valence-corrected chi connectivity index (χ1v) is 7.06. The lowest BCUT2D eigenvalue weighted by Crippen LogP contribution is -2.10. The summed E-state index contributed by atoms with van der Waals surface area (Å²) in [6.07, 6.45) is 0. The van der Waals surface area contributed by atoms with Crippen molar-refractivity contribution < 1.29 is 0 Å². The van der Waals surface area contributed by atoms with Crippen LogP contribution in [0.4, 0.5) is 11.6 Å². The minimum absolute atomic E-state index is 0.641. The minimum atomic E-state index is 0.641. The quantitative estimate of drug-likeness (QED) is 0.879. The Bertz CT molecular complexity index is 598. The Hall–Kier alpha value is -1.81. The number of aromatic nitrogens is 2. The molecule has 0 aliphatic carbocycles. The van der Waals surface area contributed by atoms with E-state index in [2.05, 4.69) is 20.6 Å². The van der Waals surface area contributed by atoms with E-state index in [9.17, 15) is 0 Å². The highest BCUT2D eigenvalue weighted by molar-refractivity contribution is 6.31. The van der Waals surface area contributed by atoms with Crippen molar-refractivity contribution in [2.45, 2.75) is 27.3 Å². The van der Waals surface area contributed by atoms with Crippen LogP contribution in [-0.4, -0.2) is 16.5 Å². The summed E-state index contributed by atoms with van der Waals surface area (Å²) in [5, 5.41) is 7.34. The van der Waals surface area contributed by atoms with E-state index in [1.807, 2.05) is 45.0 Å². The Morgan fingerprint density at radius 2 is 1.70 bits per heavy atom. The SMILES string of the molecule is CCNc1nc(C)nc(NCc2ccccc2Cl)c1C. The number of anilines is 2. The minimum Gasteiger partial charge on any atom is -0.370 e. The summed E-state index contributed by atoms with van der Waals surface area (Å²) in [7, 11) is 0. The van der Waals surface area contributed by atoms with Crippen molar-refractivity contribution in [1.82, 2.24) is 9.97 Å². The van der Waals surface area contributed by atoms with Gasteiger partial charge in [-0.25, -0.2) is 9.97 Å². The number of rotatable bonds is 5. The molecule has 2 rings (SSSR count). The fourth-order valence-corrected chi connectivity index (χ4v) is 2.16. The molecule has 106 valence electrons. The number of nitrogens with one attached hydrogen (secondary N) is 2. The zero-order chi connectivity index (χ0) is 14.5. The molecule has 0 spiro atoms. The summed E-state index contributed by atoms with van der Waals surface area (Å²) < 4.78 is 0. The molecule has 0 radical (unpaired) electrons. The molecule has 2 N–H and O–H groups in total. The maximum atomic E-state index is 6.16. The summed E-state index contributed by atoms with van der Waals surface area (Å²) in [6.45, 7) is 7.42. The summed E-state index contributed by atoms with van der Waals surface area (Å²) in [5.41, 5.74) is 2.07. The Labute approximate surface area is 124 Å². The molecule has 0 aliphatic rings. The van der Waals surface area contributed by atoms with E-state index in [4.69, 9.17) is 11.6 Å². The number of benzene rings is 1. The van der Waals surface area contributed by atoms with Gasteiger partial charge in [0.05, 0.1) is 0 Å². The van der Waals surface area contributed by atoms with Crippen molar-refractivity contribution in [2.75, 3.05) is 17.2 Å². The van der Waals surface area contributed by atoms with Crippen LogP contribution in [0.2, 0.25) is 5.02 Å². The zero-order valence-corrected chi connectivity index (χ0v) is 12.8. The molecule has 1 aromatic heterocycles. The second-order valence-electron chi connectivity index (χ2n) is 4.57. The van der Waals surface area contributed by atoms with Gasteiger partial charge in [-0.2, -0.15) is 0 Å². The lowest BCUT2D eigenvalue weighted by molar-refractivity contribution is 0.993. The number of nitrogens with zero attached hydrogens (tertiary/aromatic N) is 2. The Kier molecular flexibility index (Phi) is 4.79. The van der Waals surface area contributed by atoms with Gasteiger partial charge in [-0.1, -0.05) is 29.8 Å². The van der Waals surface area contributed by atoms with Crippen LogP contribution in [-0.2, 0) is 6.54 Å². The second-order valence-corrected chi connectivity index (χ2v) is 4.98. The van der Waals surface area contributed by atoms with Crippen LogP contribution in [0.3, 0.4) is 0 Å². The van der Waals surface area contributed by atoms with E-state index < -0.39 is 0 Å². The topological polar surface area (TPSA) is 49.8 Å². The van der Waals surface area contributed by atoms with Gasteiger partial charge in [0.1, 0.15) is 17.5 Å². The largest absolute Gasteiger partial charge is 0.370 e. The lowest BCUT2D eigenvalue weighted by Gasteiger charge is -2.14. The first kappa shape index (κ1) is 14.6. The van der Waals surface area contributed by atoms with Crippen LogP contribution >= 0.6 is 11.6 Å². The number of hydrogen-bond acceptors (Lipinski definition) is 4. The lowest BCUT2D eigenvalue weighted by atomic mass is 10.2. The first-order chi connectivity index (χ1) is 9.61. The average molecular weight is 291 g/mol. The number of halogens is 1. The molecule has 0 saturated carbocycles. The van der Waals surface area contributed by atoms with E-state index in [1.54, 1.807) is 0 Å². The van der Waals surface area contributed by atoms with Gasteiger partial charge < -0.3 is 10.6 Å². The van der Waals surface area contributed by atoms with Crippen molar-refractivity contribution in [1.29, 1.82) is 0 Å². The summed E-state index contributed by atoms with van der Waals surface area (Å²) in [6, 6.07) is 7.80. The van der Waals surface area contributed by atoms with Crippen molar-refractivity contribution in [3.8, 4) is 0 Å². The summed E-state index contributed by atoms with van der Waals surface area (Å²) >= 11 is 6.16. The fourth-order valence-electron chi connectivity index (χ4n) is 1.96. The molecule has 0 atom stereocenters. The highest BCUT2D eigenvalue weighted by Crippen LogP contribution is 2.22. The van der Waals surface area contributed by atoms with Crippen LogP contribution < -0.4 is 10.6 Å². The fraction of sp³-hybridized carbons (Fsp3) is 0.333. The van der Waals surface area contributed by atoms with Crippen molar-refractivity contribution >= 4 is 23.2 Å². The third kappa shape index (κ3) is 3.39. The van der Waals surface area contributed by atoms with Crippen LogP contribution in [0.15, 0.2) is 24.3 Å². The highest BCUT2D eigenvalue weighted by Gasteiger charge is 2.08. The third-order valence-corrected chi connectivity index (χ3v) is 3.37. The third-order valence-electron chi connectivity index (χ3n) is 3.01. The van der Waals surface area contributed by atoms with Gasteiger partial charge in [-0.15, -0.1) is 0 Å². The Morgan fingerprint density at radius 1 is 1.05 bits per heavy atom. The van der Waals surface area contributed by atoms with Crippen molar-refractivity contribution in [3.05, 3.63) is 46.2 Å². The van der Waals surface area contributed by atoms with E-state index >= 15 is 0 Å². The molecular weight excluding hydrogens is 272 g/mol. The van der Waals surface area contributed by atoms with Gasteiger partial charge in [0.25, 0.3) is 0 Å². The van der Waals surface area contributed by atoms with Crippen molar-refractivity contribution in [2.24, 2.45) is 0 Å². The molecule has 0 aliphatic heterocycles. The van der Waals surface area contributed by atoms with Crippen LogP contribution in [0.25, 0.3) is 0 Å². The van der Waals surface area contributed by atoms with E-state index in [1.165, 1.54) is 0 Å². The Balaban J connectivity index is 2.19. The number of aryl methyl sites for hydroxylation is 1. The van der Waals surface area contributed by atoms with E-state index in [0.29, 0.717) is 6.54 Å². The van der Waals surface area contributed by atoms with Crippen LogP contribution in [0, 0.1) is 13.8 Å². The van der Waals surface area contributed by atoms with Gasteiger partial charge in [-0.3, -0.25) is 0 Å². The van der Waals surface area contributed by atoms with Gasteiger partial charge in [0.2, 0.25) is 0 Å². The molecular formula is C15H19ClN4. The second kappa shape index (κ2) is 6.57. The predicted octanol–water partition coefficient (Wildman–Crippen LogP) is 3.79. The maximum absolute atomic E-state index is 6.16. The zero-order valence-electron chi connectivity index (χ0n) is 12.0. The molecule has 5 heteroatoms. The van der Waals surface area contributed by atoms with Crippen LogP contribution in [0.5, 0.6) is 0 Å². The summed E-state index contributed by atoms with van der Waals surface area (Å²) in [4.78, 5) is 8.86. The van der Waals surface area contributed by atoms with Crippen molar-refractivity contribution in [3.63, 3.8) is 0 Å². The summed E-state index contributed by atoms with van der Waals surface area (Å²) in [5.74, 6) is 2.46. The molecule has 0 amide bonds. The van der Waals surface area contributed by atoms with Crippen LogP contribution in [0.1, 0.15) is 23.9 Å². The average Bonchev–Trinajstić information content (AvgIpc) is 2.42. The molecule has 4 nitrogen and oxygen atoms in total. The van der Waals surface area contributed by atoms with Gasteiger partial charge in [0.15, 0.2) is 0 Å². The normalized spacial score (nSPS) is 10.4. The monoisotopic (exact) mass is 290 g/mol. The predicted molar refractivity (Wildman–Crippen MR) is 84.4 cm³/mol. The molecule has 0 fully saturated rings. The maximum Gasteiger partial charge on any atom is 0.135 e. The molecule has 20 heavy (non-hydrogen) atoms. The van der Waals surface area contributed by atoms with E-state index in [-0.39, 0.29) is 0 Å². The molecule has 1 heterocycles. The van der Waals surface area contributed by atoms with Gasteiger partial charge in [-0.05, 0) is 32.4 Å².